The number of carbonyl (C=O) groups excluding carboxylic acids is 4. The molecule has 6 heteroatoms. The number of likely N-dealkylation sites (N-methyl/N-ethyl adjacent to an activating group) is 1. The largest absolute Gasteiger partial charge is 0.285 e. The standard InChI is InChI=1S/C7H11NO2.C5H5NO2.C2H6.CH4/c1-3-5-4-6(9)8(2)7(5)10;1-6-4(7)2-3-5(6)8;1-2;/h5H,3-4H2,1-2H3;2-3H,1H3;1-2H3;1H4. The van der Waals surface area contributed by atoms with Crippen LogP contribution in [0, 0.1) is 5.92 Å². The van der Waals surface area contributed by atoms with Gasteiger partial charge >= 0.3 is 0 Å². The molecule has 0 saturated carbocycles. The van der Waals surface area contributed by atoms with Gasteiger partial charge in [-0.15, -0.1) is 0 Å². The lowest BCUT2D eigenvalue weighted by Gasteiger charge is -2.05. The van der Waals surface area contributed by atoms with Crippen LogP contribution in [0.15, 0.2) is 12.2 Å². The van der Waals surface area contributed by atoms with Gasteiger partial charge in [-0.05, 0) is 6.42 Å². The van der Waals surface area contributed by atoms with Crippen LogP contribution in [0.4, 0.5) is 0 Å². The fourth-order valence-electron chi connectivity index (χ4n) is 1.63. The molecule has 0 aromatic rings. The van der Waals surface area contributed by atoms with Gasteiger partial charge in [-0.1, -0.05) is 28.2 Å². The molecule has 2 heterocycles. The SMILES string of the molecule is C.CC.CCC1CC(=O)N(C)C1=O.CN1C(=O)C=CC1=O. The Balaban J connectivity index is 0. The summed E-state index contributed by atoms with van der Waals surface area (Å²) in [6.07, 6.45) is 3.69. The summed E-state index contributed by atoms with van der Waals surface area (Å²) < 4.78 is 0. The van der Waals surface area contributed by atoms with Crippen molar-refractivity contribution in [3.8, 4) is 0 Å². The molecule has 1 atom stereocenters. The molecular weight excluding hydrogens is 272 g/mol. The summed E-state index contributed by atoms with van der Waals surface area (Å²) in [6.45, 7) is 5.93. The minimum absolute atomic E-state index is 0. The van der Waals surface area contributed by atoms with E-state index in [1.165, 1.54) is 24.1 Å². The van der Waals surface area contributed by atoms with Crippen LogP contribution in [-0.4, -0.2) is 47.5 Å². The number of hydrogen-bond donors (Lipinski definition) is 0. The molecule has 0 aromatic carbocycles. The lowest BCUT2D eigenvalue weighted by molar-refractivity contribution is -0.138. The van der Waals surface area contributed by atoms with Gasteiger partial charge in [0.15, 0.2) is 0 Å². The fraction of sp³-hybridized carbons (Fsp3) is 0.600. The predicted octanol–water partition coefficient (Wildman–Crippen LogP) is 1.60. The van der Waals surface area contributed by atoms with Gasteiger partial charge in [0.05, 0.1) is 0 Å². The molecule has 4 amide bonds. The highest BCUT2D eigenvalue weighted by Gasteiger charge is 2.34. The Morgan fingerprint density at radius 2 is 1.43 bits per heavy atom. The van der Waals surface area contributed by atoms with Crippen LogP contribution in [-0.2, 0) is 19.2 Å². The van der Waals surface area contributed by atoms with Gasteiger partial charge in [0.1, 0.15) is 0 Å². The van der Waals surface area contributed by atoms with Crippen LogP contribution < -0.4 is 0 Å². The third-order valence-electron chi connectivity index (χ3n) is 3.00. The Hall–Kier alpha value is -1.98. The zero-order valence-electron chi connectivity index (χ0n) is 12.7. The van der Waals surface area contributed by atoms with Crippen molar-refractivity contribution in [2.75, 3.05) is 14.1 Å². The molecule has 21 heavy (non-hydrogen) atoms. The van der Waals surface area contributed by atoms with E-state index in [4.69, 9.17) is 0 Å². The quantitative estimate of drug-likeness (QED) is 0.689. The molecule has 1 fully saturated rings. The Bertz CT molecular complexity index is 411. The Kier molecular flexibility index (Phi) is 10.0. The van der Waals surface area contributed by atoms with Gasteiger partial charge in [0.25, 0.3) is 11.8 Å². The molecule has 0 spiro atoms. The molecule has 2 rings (SSSR count). The molecule has 2 aliphatic rings. The van der Waals surface area contributed by atoms with Gasteiger partial charge in [0.2, 0.25) is 11.8 Å². The monoisotopic (exact) mass is 298 g/mol. The first-order chi connectivity index (χ1) is 9.38. The lowest BCUT2D eigenvalue weighted by atomic mass is 10.1. The van der Waals surface area contributed by atoms with Crippen LogP contribution in [0.25, 0.3) is 0 Å². The maximum absolute atomic E-state index is 11.1. The summed E-state index contributed by atoms with van der Waals surface area (Å²) in [6, 6.07) is 0. The van der Waals surface area contributed by atoms with Crippen LogP contribution in [0.2, 0.25) is 0 Å². The summed E-state index contributed by atoms with van der Waals surface area (Å²) in [5.41, 5.74) is 0. The maximum Gasteiger partial charge on any atom is 0.253 e. The van der Waals surface area contributed by atoms with Crippen molar-refractivity contribution >= 4 is 23.6 Å². The van der Waals surface area contributed by atoms with Crippen LogP contribution in [0.1, 0.15) is 41.0 Å². The average Bonchev–Trinajstić information content (AvgIpc) is 2.89. The minimum atomic E-state index is -0.241. The fourth-order valence-corrected chi connectivity index (χ4v) is 1.63. The zero-order chi connectivity index (χ0) is 15.9. The van der Waals surface area contributed by atoms with E-state index >= 15 is 0 Å². The van der Waals surface area contributed by atoms with Gasteiger partial charge in [-0.25, -0.2) is 0 Å². The molecule has 0 bridgehead atoms. The molecule has 2 aliphatic heterocycles. The minimum Gasteiger partial charge on any atom is -0.285 e. The second-order valence-electron chi connectivity index (χ2n) is 4.17. The number of hydrogen-bond acceptors (Lipinski definition) is 4. The number of likely N-dealkylation sites (tertiary alicyclic amines) is 1. The topological polar surface area (TPSA) is 74.8 Å². The van der Waals surface area contributed by atoms with E-state index in [2.05, 4.69) is 0 Å². The summed E-state index contributed by atoms with van der Waals surface area (Å²) >= 11 is 0. The van der Waals surface area contributed by atoms with E-state index in [0.29, 0.717) is 6.42 Å². The van der Waals surface area contributed by atoms with Crippen molar-refractivity contribution < 1.29 is 19.2 Å². The molecule has 1 saturated heterocycles. The molecule has 120 valence electrons. The maximum atomic E-state index is 11.1. The lowest BCUT2D eigenvalue weighted by Crippen LogP contribution is -2.25. The molecule has 6 nitrogen and oxygen atoms in total. The highest BCUT2D eigenvalue weighted by atomic mass is 16.2. The molecular formula is C15H26N2O4. The van der Waals surface area contributed by atoms with Crippen LogP contribution in [0.3, 0.4) is 0 Å². The summed E-state index contributed by atoms with van der Waals surface area (Å²) in [5.74, 6) is -0.591. The van der Waals surface area contributed by atoms with E-state index in [1.807, 2.05) is 20.8 Å². The average molecular weight is 298 g/mol. The Morgan fingerprint density at radius 3 is 1.57 bits per heavy atom. The van der Waals surface area contributed by atoms with Crippen molar-refractivity contribution in [1.29, 1.82) is 0 Å². The van der Waals surface area contributed by atoms with Crippen molar-refractivity contribution in [3.63, 3.8) is 0 Å². The first kappa shape index (κ1) is 21.3. The Morgan fingerprint density at radius 1 is 1.00 bits per heavy atom. The van der Waals surface area contributed by atoms with Gasteiger partial charge in [-0.3, -0.25) is 29.0 Å². The van der Waals surface area contributed by atoms with E-state index in [0.717, 1.165) is 11.3 Å². The van der Waals surface area contributed by atoms with Gasteiger partial charge in [0, 0.05) is 38.6 Å². The van der Waals surface area contributed by atoms with Crippen molar-refractivity contribution in [3.05, 3.63) is 12.2 Å². The first-order valence-corrected chi connectivity index (χ1v) is 6.68. The second-order valence-corrected chi connectivity index (χ2v) is 4.17. The first-order valence-electron chi connectivity index (χ1n) is 6.68. The van der Waals surface area contributed by atoms with Crippen LogP contribution >= 0.6 is 0 Å². The van der Waals surface area contributed by atoms with Crippen molar-refractivity contribution in [2.24, 2.45) is 5.92 Å². The van der Waals surface area contributed by atoms with Crippen LogP contribution in [0.5, 0.6) is 0 Å². The predicted molar refractivity (Wildman–Crippen MR) is 81.2 cm³/mol. The molecule has 0 N–H and O–H groups in total. The van der Waals surface area contributed by atoms with E-state index in [1.54, 1.807) is 7.05 Å². The normalized spacial score (nSPS) is 19.8. The van der Waals surface area contributed by atoms with E-state index in [9.17, 15) is 19.2 Å². The van der Waals surface area contributed by atoms with Gasteiger partial charge < -0.3 is 0 Å². The second kappa shape index (κ2) is 9.85. The zero-order valence-corrected chi connectivity index (χ0v) is 12.7. The molecule has 0 aliphatic carbocycles. The third kappa shape index (κ3) is 5.49. The summed E-state index contributed by atoms with van der Waals surface area (Å²) in [7, 11) is 2.99. The highest BCUT2D eigenvalue weighted by Crippen LogP contribution is 2.19. The molecule has 0 radical (unpaired) electrons. The number of nitrogens with zero attached hydrogens (tertiary/aromatic N) is 2. The number of carbonyl (C=O) groups is 4. The van der Waals surface area contributed by atoms with E-state index < -0.39 is 0 Å². The van der Waals surface area contributed by atoms with E-state index in [-0.39, 0.29) is 37.0 Å². The van der Waals surface area contributed by atoms with Crippen molar-refractivity contribution in [2.45, 2.75) is 41.0 Å². The number of rotatable bonds is 1. The smallest absolute Gasteiger partial charge is 0.253 e. The molecule has 1 unspecified atom stereocenters. The summed E-state index contributed by atoms with van der Waals surface area (Å²) in [5, 5.41) is 0. The Labute approximate surface area is 126 Å². The van der Waals surface area contributed by atoms with Gasteiger partial charge in [-0.2, -0.15) is 0 Å². The summed E-state index contributed by atoms with van der Waals surface area (Å²) in [4.78, 5) is 45.0. The number of amides is 4. The number of imide groups is 2. The molecule has 0 aromatic heterocycles. The third-order valence-corrected chi connectivity index (χ3v) is 3.00. The highest BCUT2D eigenvalue weighted by molar-refractivity contribution is 6.12. The van der Waals surface area contributed by atoms with Crippen molar-refractivity contribution in [1.82, 2.24) is 9.80 Å².